The Morgan fingerprint density at radius 3 is 2.69 bits per heavy atom. The fourth-order valence-electron chi connectivity index (χ4n) is 2.38. The van der Waals surface area contributed by atoms with Crippen molar-refractivity contribution >= 4 is 0 Å². The molecule has 1 aliphatic rings. The van der Waals surface area contributed by atoms with E-state index in [1.54, 1.807) is 0 Å². The molecular weight excluding hydrogens is 202 g/mol. The number of ether oxygens (including phenoxy) is 1. The summed E-state index contributed by atoms with van der Waals surface area (Å²) >= 11 is 0. The summed E-state index contributed by atoms with van der Waals surface area (Å²) in [6, 6.07) is 0.205. The van der Waals surface area contributed by atoms with Gasteiger partial charge in [0.2, 0.25) is 0 Å². The zero-order valence-corrected chi connectivity index (χ0v) is 10.6. The van der Waals surface area contributed by atoms with Gasteiger partial charge in [0.15, 0.2) is 0 Å². The van der Waals surface area contributed by atoms with Crippen LogP contribution in [0.4, 0.5) is 0 Å². The number of nitrogens with one attached hydrogen (secondary N) is 1. The van der Waals surface area contributed by atoms with Crippen molar-refractivity contribution in [2.45, 2.75) is 51.5 Å². The maximum Gasteiger partial charge on any atom is 0.0585 e. The number of hydrogen-bond donors (Lipinski definition) is 2. The molecule has 0 aromatic carbocycles. The first kappa shape index (κ1) is 13.9. The Morgan fingerprint density at radius 2 is 2.06 bits per heavy atom. The first-order valence-electron chi connectivity index (χ1n) is 6.78. The molecule has 0 saturated heterocycles. The summed E-state index contributed by atoms with van der Waals surface area (Å²) in [7, 11) is 0. The summed E-state index contributed by atoms with van der Waals surface area (Å²) in [5.41, 5.74) is 0. The summed E-state index contributed by atoms with van der Waals surface area (Å²) in [6.45, 7) is 4.87. The van der Waals surface area contributed by atoms with Crippen molar-refractivity contribution in [1.29, 1.82) is 0 Å². The fourth-order valence-corrected chi connectivity index (χ4v) is 2.38. The van der Waals surface area contributed by atoms with E-state index < -0.39 is 0 Å². The molecule has 0 amide bonds. The molecule has 16 heavy (non-hydrogen) atoms. The van der Waals surface area contributed by atoms with Gasteiger partial charge in [-0.15, -0.1) is 0 Å². The van der Waals surface area contributed by atoms with Crippen LogP contribution >= 0.6 is 0 Å². The predicted molar refractivity (Wildman–Crippen MR) is 66.6 cm³/mol. The van der Waals surface area contributed by atoms with Crippen LogP contribution in [-0.4, -0.2) is 37.5 Å². The quantitative estimate of drug-likeness (QED) is 0.625. The van der Waals surface area contributed by atoms with Crippen LogP contribution in [0.1, 0.15) is 45.4 Å². The summed E-state index contributed by atoms with van der Waals surface area (Å²) in [6.07, 6.45) is 7.77. The van der Waals surface area contributed by atoms with Crippen LogP contribution in [0.15, 0.2) is 0 Å². The first-order chi connectivity index (χ1) is 7.86. The van der Waals surface area contributed by atoms with E-state index in [-0.39, 0.29) is 12.6 Å². The molecule has 0 aliphatic heterocycles. The highest BCUT2D eigenvalue weighted by molar-refractivity contribution is 4.66. The molecule has 96 valence electrons. The summed E-state index contributed by atoms with van der Waals surface area (Å²) in [5.74, 6) is 0.792. The molecule has 3 heteroatoms. The van der Waals surface area contributed by atoms with Gasteiger partial charge in [-0.1, -0.05) is 26.2 Å². The molecule has 3 nitrogen and oxygen atoms in total. The Balaban J connectivity index is 1.97. The summed E-state index contributed by atoms with van der Waals surface area (Å²) < 4.78 is 5.70. The second-order valence-corrected chi connectivity index (χ2v) is 4.80. The molecule has 0 bridgehead atoms. The van der Waals surface area contributed by atoms with Crippen LogP contribution in [0.3, 0.4) is 0 Å². The minimum atomic E-state index is 0.205. The number of hydrogen-bond acceptors (Lipinski definition) is 3. The predicted octanol–water partition coefficient (Wildman–Crippen LogP) is 1.94. The van der Waals surface area contributed by atoms with Gasteiger partial charge in [-0.2, -0.15) is 0 Å². The largest absolute Gasteiger partial charge is 0.395 e. The molecule has 1 fully saturated rings. The van der Waals surface area contributed by atoms with Gasteiger partial charge in [0.1, 0.15) is 0 Å². The summed E-state index contributed by atoms with van der Waals surface area (Å²) in [4.78, 5) is 0. The maximum absolute atomic E-state index is 9.09. The third-order valence-electron chi connectivity index (χ3n) is 3.40. The minimum Gasteiger partial charge on any atom is -0.395 e. The van der Waals surface area contributed by atoms with Crippen LogP contribution in [0, 0.1) is 5.92 Å². The molecular formula is C13H27NO2. The molecule has 1 atom stereocenters. The van der Waals surface area contributed by atoms with Gasteiger partial charge in [0, 0.05) is 19.3 Å². The van der Waals surface area contributed by atoms with Crippen molar-refractivity contribution < 1.29 is 9.84 Å². The van der Waals surface area contributed by atoms with Crippen molar-refractivity contribution in [2.24, 2.45) is 5.92 Å². The van der Waals surface area contributed by atoms with E-state index >= 15 is 0 Å². The first-order valence-corrected chi connectivity index (χ1v) is 6.78. The Labute approximate surface area is 99.6 Å². The standard InChI is InChI=1S/C13H27NO2/c1-2-14-13(10-15)8-9-16-11-12-6-4-3-5-7-12/h12-15H,2-11H2,1H3. The van der Waals surface area contributed by atoms with E-state index in [0.29, 0.717) is 0 Å². The molecule has 1 saturated carbocycles. The average Bonchev–Trinajstić information content (AvgIpc) is 2.34. The Bertz CT molecular complexity index is 151. The average molecular weight is 229 g/mol. The fraction of sp³-hybridized carbons (Fsp3) is 1.00. The zero-order chi connectivity index (χ0) is 11.6. The highest BCUT2D eigenvalue weighted by Gasteiger charge is 2.13. The van der Waals surface area contributed by atoms with E-state index in [9.17, 15) is 0 Å². The topological polar surface area (TPSA) is 41.5 Å². The lowest BCUT2D eigenvalue weighted by atomic mass is 9.90. The number of aliphatic hydroxyl groups is 1. The van der Waals surface area contributed by atoms with Crippen LogP contribution in [-0.2, 0) is 4.74 Å². The third kappa shape index (κ3) is 5.83. The van der Waals surface area contributed by atoms with E-state index in [1.165, 1.54) is 32.1 Å². The van der Waals surface area contributed by atoms with Crippen molar-refractivity contribution in [3.63, 3.8) is 0 Å². The Morgan fingerprint density at radius 1 is 1.31 bits per heavy atom. The van der Waals surface area contributed by atoms with Gasteiger partial charge in [0.25, 0.3) is 0 Å². The lowest BCUT2D eigenvalue weighted by Crippen LogP contribution is -2.33. The molecule has 1 rings (SSSR count). The highest BCUT2D eigenvalue weighted by Crippen LogP contribution is 2.23. The van der Waals surface area contributed by atoms with Crippen molar-refractivity contribution in [3.05, 3.63) is 0 Å². The van der Waals surface area contributed by atoms with E-state index in [2.05, 4.69) is 12.2 Å². The van der Waals surface area contributed by atoms with Crippen LogP contribution in [0.2, 0.25) is 0 Å². The van der Waals surface area contributed by atoms with E-state index in [0.717, 1.165) is 32.1 Å². The van der Waals surface area contributed by atoms with Crippen molar-refractivity contribution in [2.75, 3.05) is 26.4 Å². The zero-order valence-electron chi connectivity index (χ0n) is 10.6. The Hall–Kier alpha value is -0.120. The molecule has 0 radical (unpaired) electrons. The monoisotopic (exact) mass is 229 g/mol. The maximum atomic E-state index is 9.09. The minimum absolute atomic E-state index is 0.205. The molecule has 0 spiro atoms. The van der Waals surface area contributed by atoms with E-state index in [4.69, 9.17) is 9.84 Å². The molecule has 0 heterocycles. The van der Waals surface area contributed by atoms with Gasteiger partial charge in [-0.3, -0.25) is 0 Å². The second-order valence-electron chi connectivity index (χ2n) is 4.80. The third-order valence-corrected chi connectivity index (χ3v) is 3.40. The number of rotatable bonds is 8. The van der Waals surface area contributed by atoms with Crippen LogP contribution in [0.25, 0.3) is 0 Å². The SMILES string of the molecule is CCNC(CO)CCOCC1CCCCC1. The number of aliphatic hydroxyl groups excluding tert-OH is 1. The Kier molecular flexibility index (Phi) is 7.81. The lowest BCUT2D eigenvalue weighted by Gasteiger charge is -2.22. The van der Waals surface area contributed by atoms with Crippen molar-refractivity contribution in [1.82, 2.24) is 5.32 Å². The smallest absolute Gasteiger partial charge is 0.0585 e. The van der Waals surface area contributed by atoms with Gasteiger partial charge in [-0.25, -0.2) is 0 Å². The second kappa shape index (κ2) is 8.97. The molecule has 2 N–H and O–H groups in total. The number of likely N-dealkylation sites (N-methyl/N-ethyl adjacent to an activating group) is 1. The normalized spacial score (nSPS) is 19.9. The van der Waals surface area contributed by atoms with Crippen LogP contribution in [0.5, 0.6) is 0 Å². The summed E-state index contributed by atoms with van der Waals surface area (Å²) in [5, 5.41) is 12.3. The molecule has 0 aromatic heterocycles. The molecule has 1 unspecified atom stereocenters. The van der Waals surface area contributed by atoms with Gasteiger partial charge < -0.3 is 15.2 Å². The van der Waals surface area contributed by atoms with E-state index in [1.807, 2.05) is 0 Å². The molecule has 0 aromatic rings. The van der Waals surface area contributed by atoms with Gasteiger partial charge in [0.05, 0.1) is 6.61 Å². The van der Waals surface area contributed by atoms with Crippen LogP contribution < -0.4 is 5.32 Å². The van der Waals surface area contributed by atoms with Crippen molar-refractivity contribution in [3.8, 4) is 0 Å². The van der Waals surface area contributed by atoms with Gasteiger partial charge >= 0.3 is 0 Å². The van der Waals surface area contributed by atoms with Gasteiger partial charge in [-0.05, 0) is 31.7 Å². The molecule has 1 aliphatic carbocycles. The highest BCUT2D eigenvalue weighted by atomic mass is 16.5. The lowest BCUT2D eigenvalue weighted by molar-refractivity contribution is 0.0739.